The van der Waals surface area contributed by atoms with E-state index in [4.69, 9.17) is 9.31 Å². The van der Waals surface area contributed by atoms with E-state index in [0.29, 0.717) is 36.7 Å². The molecular weight excluding hydrogens is 375 g/mol. The quantitative estimate of drug-likeness (QED) is 0.707. The summed E-state index contributed by atoms with van der Waals surface area (Å²) in [6.45, 7) is 3.79. The molecule has 0 radical (unpaired) electrons. The van der Waals surface area contributed by atoms with E-state index in [1.807, 2.05) is 19.1 Å². The molecule has 9 nitrogen and oxygen atoms in total. The van der Waals surface area contributed by atoms with Crippen LogP contribution < -0.4 is 31.1 Å². The smallest absolute Gasteiger partial charge is 0.518 e. The maximum absolute atomic E-state index is 13.3. The van der Waals surface area contributed by atoms with Crippen molar-refractivity contribution in [3.63, 3.8) is 0 Å². The molecule has 0 spiro atoms. The largest absolute Gasteiger partial charge is 0.655 e. The number of benzene rings is 1. The molecule has 29 heavy (non-hydrogen) atoms. The predicted molar refractivity (Wildman–Crippen MR) is 107 cm³/mol. The number of rotatable bonds is 5. The van der Waals surface area contributed by atoms with Crippen LogP contribution in [0.15, 0.2) is 29.1 Å². The lowest BCUT2D eigenvalue weighted by molar-refractivity contribution is -0.124. The van der Waals surface area contributed by atoms with Gasteiger partial charge in [-0.05, 0) is 25.0 Å². The third kappa shape index (κ3) is 3.46. The molecule has 0 saturated heterocycles. The average Bonchev–Trinajstić information content (AvgIpc) is 3.31. The number of carbonyl (C=O) groups excluding carboxylic acids is 2. The number of aromatic nitrogens is 2. The zero-order valence-electron chi connectivity index (χ0n) is 16.2. The SMILES string of the molecule is CCCNC(=O)C1CCc2nc(B3Oc4ccccc4O3)c(NC(C)=O)c(=O)n21. The van der Waals surface area contributed by atoms with Crippen molar-refractivity contribution < 1.29 is 18.9 Å². The summed E-state index contributed by atoms with van der Waals surface area (Å²) in [4.78, 5) is 42.1. The minimum atomic E-state index is -0.958. The number of carbonyl (C=O) groups is 2. The second-order valence-electron chi connectivity index (χ2n) is 7.00. The van der Waals surface area contributed by atoms with E-state index in [2.05, 4.69) is 15.6 Å². The lowest BCUT2D eigenvalue weighted by atomic mass is 9.83. The summed E-state index contributed by atoms with van der Waals surface area (Å²) in [5.41, 5.74) is -0.325. The van der Waals surface area contributed by atoms with Crippen LogP contribution in [0.1, 0.15) is 38.6 Å². The van der Waals surface area contributed by atoms with Crippen LogP contribution in [0.2, 0.25) is 0 Å². The van der Waals surface area contributed by atoms with Crippen molar-refractivity contribution in [1.82, 2.24) is 14.9 Å². The van der Waals surface area contributed by atoms with Gasteiger partial charge in [0.25, 0.3) is 5.56 Å². The number of para-hydroxylation sites is 2. The van der Waals surface area contributed by atoms with Gasteiger partial charge in [0.05, 0.1) is 0 Å². The Balaban J connectivity index is 1.75. The molecule has 1 atom stereocenters. The van der Waals surface area contributed by atoms with E-state index in [1.165, 1.54) is 11.5 Å². The summed E-state index contributed by atoms with van der Waals surface area (Å²) < 4.78 is 13.0. The minimum absolute atomic E-state index is 0.0331. The van der Waals surface area contributed by atoms with Crippen LogP contribution in [0.5, 0.6) is 11.5 Å². The molecule has 3 heterocycles. The van der Waals surface area contributed by atoms with E-state index in [1.54, 1.807) is 12.1 Å². The number of anilines is 1. The van der Waals surface area contributed by atoms with Gasteiger partial charge in [-0.25, -0.2) is 4.98 Å². The fraction of sp³-hybridized carbons (Fsp3) is 0.368. The number of hydrogen-bond donors (Lipinski definition) is 2. The summed E-state index contributed by atoms with van der Waals surface area (Å²) in [7, 11) is -0.958. The lowest BCUT2D eigenvalue weighted by Crippen LogP contribution is -2.48. The fourth-order valence-corrected chi connectivity index (χ4v) is 3.58. The lowest BCUT2D eigenvalue weighted by Gasteiger charge is -2.17. The summed E-state index contributed by atoms with van der Waals surface area (Å²) in [5.74, 6) is 0.887. The van der Waals surface area contributed by atoms with Crippen molar-refractivity contribution >= 4 is 30.2 Å². The van der Waals surface area contributed by atoms with E-state index in [0.717, 1.165) is 6.42 Å². The molecule has 2 amide bonds. The Morgan fingerprint density at radius 3 is 2.59 bits per heavy atom. The Bertz CT molecular complexity index is 1010. The third-order valence-corrected chi connectivity index (χ3v) is 4.86. The highest BCUT2D eigenvalue weighted by atomic mass is 16.6. The Morgan fingerprint density at radius 1 is 1.28 bits per heavy atom. The standard InChI is InChI=1S/C19H21BN4O5/c1-3-10-21-18(26)12-8-9-15-23-17(16(22-11(2)25)19(27)24(12)15)20-28-13-6-4-5-7-14(13)29-20/h4-7,12H,3,8-10H2,1-2H3,(H,21,26)(H,22,25). The van der Waals surface area contributed by atoms with Crippen molar-refractivity contribution in [3.8, 4) is 11.5 Å². The first-order chi connectivity index (χ1) is 14.0. The predicted octanol–water partition coefficient (Wildman–Crippen LogP) is 0.382. The van der Waals surface area contributed by atoms with Crippen LogP contribution in [0, 0.1) is 0 Å². The molecule has 4 rings (SSSR count). The number of fused-ring (bicyclic) bond motifs is 2. The van der Waals surface area contributed by atoms with Gasteiger partial charge in [0.1, 0.15) is 34.6 Å². The molecule has 2 aliphatic rings. The van der Waals surface area contributed by atoms with Crippen LogP contribution >= 0.6 is 0 Å². The molecule has 1 unspecified atom stereocenters. The van der Waals surface area contributed by atoms with Gasteiger partial charge in [0, 0.05) is 19.9 Å². The van der Waals surface area contributed by atoms with E-state index in [-0.39, 0.29) is 17.2 Å². The molecule has 10 heteroatoms. The Morgan fingerprint density at radius 2 is 1.97 bits per heavy atom. The van der Waals surface area contributed by atoms with Crippen LogP contribution in [0.3, 0.4) is 0 Å². The van der Waals surface area contributed by atoms with E-state index < -0.39 is 24.6 Å². The number of hydrogen-bond acceptors (Lipinski definition) is 6. The van der Waals surface area contributed by atoms with Crippen LogP contribution in [-0.4, -0.2) is 35.0 Å². The van der Waals surface area contributed by atoms with Crippen LogP contribution in [-0.2, 0) is 16.0 Å². The van der Waals surface area contributed by atoms with Crippen LogP contribution in [0.25, 0.3) is 0 Å². The highest BCUT2D eigenvalue weighted by molar-refractivity contribution is 6.64. The average molecular weight is 396 g/mol. The van der Waals surface area contributed by atoms with Crippen molar-refractivity contribution in [2.45, 2.75) is 39.2 Å². The maximum atomic E-state index is 13.3. The summed E-state index contributed by atoms with van der Waals surface area (Å²) in [6, 6.07) is 6.47. The highest BCUT2D eigenvalue weighted by Gasteiger charge is 2.42. The van der Waals surface area contributed by atoms with Crippen molar-refractivity contribution in [1.29, 1.82) is 0 Å². The topological polar surface area (TPSA) is 112 Å². The summed E-state index contributed by atoms with van der Waals surface area (Å²) >= 11 is 0. The first-order valence-corrected chi connectivity index (χ1v) is 9.62. The fourth-order valence-electron chi connectivity index (χ4n) is 3.58. The Kier molecular flexibility index (Phi) is 5.00. The maximum Gasteiger partial charge on any atom is 0.655 e. The molecule has 1 aromatic heterocycles. The van der Waals surface area contributed by atoms with Gasteiger partial charge in [-0.3, -0.25) is 19.0 Å². The molecule has 1 aromatic carbocycles. The van der Waals surface area contributed by atoms with Crippen molar-refractivity contribution in [2.24, 2.45) is 0 Å². The molecule has 2 aliphatic heterocycles. The minimum Gasteiger partial charge on any atom is -0.518 e. The molecule has 0 saturated carbocycles. The molecule has 2 N–H and O–H groups in total. The van der Waals surface area contributed by atoms with Gasteiger partial charge in [0.2, 0.25) is 11.8 Å². The monoisotopic (exact) mass is 396 g/mol. The molecule has 2 aromatic rings. The molecule has 150 valence electrons. The van der Waals surface area contributed by atoms with Gasteiger partial charge in [-0.2, -0.15) is 0 Å². The van der Waals surface area contributed by atoms with Gasteiger partial charge < -0.3 is 19.9 Å². The normalized spacial score (nSPS) is 16.5. The van der Waals surface area contributed by atoms with Crippen molar-refractivity contribution in [2.75, 3.05) is 11.9 Å². The molecular formula is C19H21BN4O5. The Labute approximate surface area is 167 Å². The first-order valence-electron chi connectivity index (χ1n) is 9.62. The van der Waals surface area contributed by atoms with Gasteiger partial charge in [0.15, 0.2) is 0 Å². The van der Waals surface area contributed by atoms with Crippen molar-refractivity contribution in [3.05, 3.63) is 40.4 Å². The van der Waals surface area contributed by atoms with E-state index in [9.17, 15) is 14.4 Å². The zero-order chi connectivity index (χ0) is 20.5. The second kappa shape index (κ2) is 7.61. The number of nitrogens with zero attached hydrogens (tertiary/aromatic N) is 2. The van der Waals surface area contributed by atoms with Gasteiger partial charge in [-0.15, -0.1) is 0 Å². The van der Waals surface area contributed by atoms with Crippen LogP contribution in [0.4, 0.5) is 5.69 Å². The highest BCUT2D eigenvalue weighted by Crippen LogP contribution is 2.33. The molecule has 0 fully saturated rings. The molecule has 0 bridgehead atoms. The number of amides is 2. The molecule has 0 aliphatic carbocycles. The summed E-state index contributed by atoms with van der Waals surface area (Å²) in [5, 5.41) is 5.37. The Hall–Kier alpha value is -3.30. The van der Waals surface area contributed by atoms with E-state index >= 15 is 0 Å². The van der Waals surface area contributed by atoms with Gasteiger partial charge >= 0.3 is 7.12 Å². The van der Waals surface area contributed by atoms with Gasteiger partial charge in [-0.1, -0.05) is 19.1 Å². The third-order valence-electron chi connectivity index (χ3n) is 4.86. The zero-order valence-corrected chi connectivity index (χ0v) is 16.2. The second-order valence-corrected chi connectivity index (χ2v) is 7.00. The first kappa shape index (κ1) is 19.0. The number of aryl methyl sites for hydroxylation is 1. The number of nitrogens with one attached hydrogen (secondary N) is 2. The summed E-state index contributed by atoms with van der Waals surface area (Å²) in [6.07, 6.45) is 1.73.